The fourth-order valence-electron chi connectivity index (χ4n) is 2.85. The lowest BCUT2D eigenvalue weighted by atomic mass is 10.1. The van der Waals surface area contributed by atoms with Crippen LogP contribution in [0, 0.1) is 5.82 Å². The molecular formula is C21H26FNO. The molecule has 24 heavy (non-hydrogen) atoms. The van der Waals surface area contributed by atoms with E-state index in [0.29, 0.717) is 12.4 Å². The minimum atomic E-state index is -0.299. The fourth-order valence-corrected chi connectivity index (χ4v) is 2.85. The molecule has 0 fully saturated rings. The van der Waals surface area contributed by atoms with E-state index in [4.69, 9.17) is 4.74 Å². The van der Waals surface area contributed by atoms with Crippen molar-refractivity contribution in [2.45, 2.75) is 40.2 Å². The zero-order chi connectivity index (χ0) is 17.5. The van der Waals surface area contributed by atoms with E-state index in [0.717, 1.165) is 34.9 Å². The molecule has 0 amide bonds. The Morgan fingerprint density at radius 3 is 2.42 bits per heavy atom. The van der Waals surface area contributed by atoms with Gasteiger partial charge in [-0.15, -0.1) is 0 Å². The maximum Gasteiger partial charge on any atom is 0.165 e. The molecule has 0 aliphatic rings. The van der Waals surface area contributed by atoms with Crippen molar-refractivity contribution in [1.82, 2.24) is 4.57 Å². The summed E-state index contributed by atoms with van der Waals surface area (Å²) in [6.07, 6.45) is 4.01. The van der Waals surface area contributed by atoms with Gasteiger partial charge in [-0.2, -0.15) is 0 Å². The third-order valence-corrected chi connectivity index (χ3v) is 3.88. The summed E-state index contributed by atoms with van der Waals surface area (Å²) >= 11 is 0. The van der Waals surface area contributed by atoms with Gasteiger partial charge in [0, 0.05) is 18.6 Å². The maximum absolute atomic E-state index is 14.3. The normalized spacial score (nSPS) is 10.4. The lowest BCUT2D eigenvalue weighted by molar-refractivity contribution is 0.294. The summed E-state index contributed by atoms with van der Waals surface area (Å²) in [6.45, 7) is 6.50. The number of halogens is 1. The molecule has 3 rings (SSSR count). The van der Waals surface area contributed by atoms with Crippen LogP contribution in [-0.4, -0.2) is 4.57 Å². The van der Waals surface area contributed by atoms with Gasteiger partial charge in [-0.25, -0.2) is 4.39 Å². The number of hydrogen-bond donors (Lipinski definition) is 0. The van der Waals surface area contributed by atoms with Crippen molar-refractivity contribution < 1.29 is 9.13 Å². The lowest BCUT2D eigenvalue weighted by Gasteiger charge is -2.10. The molecule has 0 aliphatic heterocycles. The summed E-state index contributed by atoms with van der Waals surface area (Å²) in [5, 5.41) is 0.903. The summed E-state index contributed by atoms with van der Waals surface area (Å²) in [7, 11) is 1.99. The molecule has 0 spiro atoms. The predicted octanol–water partition coefficient (Wildman–Crippen LogP) is 5.88. The number of ether oxygens (including phenoxy) is 1. The maximum atomic E-state index is 14.3. The second kappa shape index (κ2) is 8.53. The summed E-state index contributed by atoms with van der Waals surface area (Å²) in [5.74, 6) is 0.0670. The number of aromatic nitrogens is 1. The Hall–Kier alpha value is -2.29. The molecule has 0 atom stereocenters. The standard InChI is InChI=1S/C19H20FNO.C2H6/c1-3-7-15-12-21(2)17-11-10-16(20)19(18(15)17)22-13-14-8-5-4-6-9-14;1-2/h4-6,8-12H,3,7,13H2,1-2H3;1-2H3. The smallest absolute Gasteiger partial charge is 0.165 e. The largest absolute Gasteiger partial charge is 0.485 e. The molecule has 1 heterocycles. The van der Waals surface area contributed by atoms with E-state index in [1.807, 2.05) is 61.9 Å². The molecule has 2 nitrogen and oxygen atoms in total. The van der Waals surface area contributed by atoms with E-state index < -0.39 is 0 Å². The fraction of sp³-hybridized carbons (Fsp3) is 0.333. The first-order valence-corrected chi connectivity index (χ1v) is 8.64. The second-order valence-electron chi connectivity index (χ2n) is 5.56. The molecule has 3 heteroatoms. The van der Waals surface area contributed by atoms with E-state index in [1.54, 1.807) is 0 Å². The molecule has 1 aromatic heterocycles. The van der Waals surface area contributed by atoms with Gasteiger partial charge in [-0.1, -0.05) is 57.5 Å². The first-order chi connectivity index (χ1) is 11.7. The monoisotopic (exact) mass is 327 g/mol. The molecule has 0 bridgehead atoms. The zero-order valence-corrected chi connectivity index (χ0v) is 15.0. The molecule has 0 saturated carbocycles. The van der Waals surface area contributed by atoms with Gasteiger partial charge in [0.15, 0.2) is 11.6 Å². The Balaban J connectivity index is 0.00000100. The van der Waals surface area contributed by atoms with Crippen molar-refractivity contribution in [3.63, 3.8) is 0 Å². The zero-order valence-electron chi connectivity index (χ0n) is 15.0. The summed E-state index contributed by atoms with van der Waals surface area (Å²) in [4.78, 5) is 0. The van der Waals surface area contributed by atoms with E-state index >= 15 is 0 Å². The Bertz CT molecular complexity index is 777. The van der Waals surface area contributed by atoms with E-state index in [2.05, 4.69) is 13.1 Å². The number of fused-ring (bicyclic) bond motifs is 1. The van der Waals surface area contributed by atoms with Crippen LogP contribution in [0.25, 0.3) is 10.9 Å². The molecule has 0 N–H and O–H groups in total. The third-order valence-electron chi connectivity index (χ3n) is 3.88. The Kier molecular flexibility index (Phi) is 6.42. The van der Waals surface area contributed by atoms with Gasteiger partial charge in [0.1, 0.15) is 6.61 Å². The summed E-state index contributed by atoms with van der Waals surface area (Å²) < 4.78 is 22.2. The number of rotatable bonds is 5. The first-order valence-electron chi connectivity index (χ1n) is 8.64. The van der Waals surface area contributed by atoms with E-state index in [1.165, 1.54) is 6.07 Å². The molecular weight excluding hydrogens is 301 g/mol. The SMILES string of the molecule is CC.CCCc1cn(C)c2ccc(F)c(OCc3ccccc3)c12. The molecule has 0 unspecified atom stereocenters. The highest BCUT2D eigenvalue weighted by atomic mass is 19.1. The first kappa shape index (κ1) is 18.1. The molecule has 0 aliphatic carbocycles. The Morgan fingerprint density at radius 1 is 1.04 bits per heavy atom. The summed E-state index contributed by atoms with van der Waals surface area (Å²) in [6, 6.07) is 13.1. The van der Waals surface area contributed by atoms with Crippen LogP contribution >= 0.6 is 0 Å². The highest BCUT2D eigenvalue weighted by Crippen LogP contribution is 2.34. The van der Waals surface area contributed by atoms with Crippen molar-refractivity contribution in [2.24, 2.45) is 7.05 Å². The highest BCUT2D eigenvalue weighted by molar-refractivity contribution is 5.90. The van der Waals surface area contributed by atoms with Gasteiger partial charge < -0.3 is 9.30 Å². The van der Waals surface area contributed by atoms with E-state index in [-0.39, 0.29) is 5.82 Å². The van der Waals surface area contributed by atoms with Crippen molar-refractivity contribution in [3.8, 4) is 5.75 Å². The van der Waals surface area contributed by atoms with Crippen molar-refractivity contribution in [1.29, 1.82) is 0 Å². The summed E-state index contributed by atoms with van der Waals surface area (Å²) in [5.41, 5.74) is 3.18. The van der Waals surface area contributed by atoms with Crippen LogP contribution in [0.15, 0.2) is 48.7 Å². The van der Waals surface area contributed by atoms with Crippen molar-refractivity contribution in [3.05, 3.63) is 65.6 Å². The van der Waals surface area contributed by atoms with Gasteiger partial charge >= 0.3 is 0 Å². The van der Waals surface area contributed by atoms with Crippen LogP contribution in [0.1, 0.15) is 38.3 Å². The van der Waals surface area contributed by atoms with Gasteiger partial charge in [-0.05, 0) is 29.7 Å². The van der Waals surface area contributed by atoms with Crippen LogP contribution in [-0.2, 0) is 20.1 Å². The molecule has 2 aromatic carbocycles. The van der Waals surface area contributed by atoms with Gasteiger partial charge in [-0.3, -0.25) is 0 Å². The van der Waals surface area contributed by atoms with Gasteiger partial charge in [0.2, 0.25) is 0 Å². The number of aryl methyl sites for hydroxylation is 2. The molecule has 0 saturated heterocycles. The highest BCUT2D eigenvalue weighted by Gasteiger charge is 2.16. The molecule has 128 valence electrons. The topological polar surface area (TPSA) is 14.2 Å². The van der Waals surface area contributed by atoms with Crippen LogP contribution in [0.3, 0.4) is 0 Å². The van der Waals surface area contributed by atoms with Gasteiger partial charge in [0.05, 0.1) is 5.52 Å². The average Bonchev–Trinajstić information content (AvgIpc) is 2.93. The van der Waals surface area contributed by atoms with Gasteiger partial charge in [0.25, 0.3) is 0 Å². The Morgan fingerprint density at radius 2 is 1.75 bits per heavy atom. The van der Waals surface area contributed by atoms with Crippen molar-refractivity contribution in [2.75, 3.05) is 0 Å². The minimum Gasteiger partial charge on any atom is -0.485 e. The quantitative estimate of drug-likeness (QED) is 0.571. The second-order valence-corrected chi connectivity index (χ2v) is 5.56. The third kappa shape index (κ3) is 3.78. The molecule has 0 radical (unpaired) electrons. The average molecular weight is 327 g/mol. The van der Waals surface area contributed by atoms with Crippen molar-refractivity contribution >= 4 is 10.9 Å². The number of nitrogens with zero attached hydrogens (tertiary/aromatic N) is 1. The Labute approximate surface area is 143 Å². The minimum absolute atomic E-state index is 0.299. The number of benzene rings is 2. The lowest BCUT2D eigenvalue weighted by Crippen LogP contribution is -1.99. The van der Waals surface area contributed by atoms with Crippen LogP contribution in [0.2, 0.25) is 0 Å². The van der Waals surface area contributed by atoms with Crippen LogP contribution < -0.4 is 4.74 Å². The van der Waals surface area contributed by atoms with Crippen LogP contribution in [0.5, 0.6) is 5.75 Å². The number of hydrogen-bond acceptors (Lipinski definition) is 1. The predicted molar refractivity (Wildman–Crippen MR) is 99.0 cm³/mol. The molecule has 3 aromatic rings. The van der Waals surface area contributed by atoms with E-state index in [9.17, 15) is 4.39 Å². The van der Waals surface area contributed by atoms with Crippen LogP contribution in [0.4, 0.5) is 4.39 Å².